The summed E-state index contributed by atoms with van der Waals surface area (Å²) in [6, 6.07) is 15.1. The first-order valence-corrected chi connectivity index (χ1v) is 6.90. The molecule has 1 aromatic heterocycles. The zero-order chi connectivity index (χ0) is 14.8. The van der Waals surface area contributed by atoms with Crippen molar-refractivity contribution in [2.24, 2.45) is 5.92 Å². The smallest absolute Gasteiger partial charge is 0.227 e. The second-order valence-electron chi connectivity index (χ2n) is 5.21. The van der Waals surface area contributed by atoms with Gasteiger partial charge in [-0.25, -0.2) is 4.98 Å². The molecule has 0 aliphatic heterocycles. The lowest BCUT2D eigenvalue weighted by atomic mass is 10.1. The first kappa shape index (κ1) is 13.4. The fraction of sp³-hybridized carbons (Fsp3) is 0.176. The normalized spacial score (nSPS) is 11.0. The molecule has 3 rings (SSSR count). The number of anilines is 1. The third-order valence-electron chi connectivity index (χ3n) is 3.22. The molecule has 0 bridgehead atoms. The Hall–Kier alpha value is -2.62. The Bertz CT molecular complexity index is 740. The number of para-hydroxylation sites is 2. The van der Waals surface area contributed by atoms with Crippen molar-refractivity contribution < 1.29 is 9.21 Å². The molecule has 4 heteroatoms. The molecule has 0 radical (unpaired) electrons. The number of carbonyl (C=O) groups is 1. The van der Waals surface area contributed by atoms with Gasteiger partial charge in [0.15, 0.2) is 5.58 Å². The Morgan fingerprint density at radius 1 is 1.10 bits per heavy atom. The zero-order valence-electron chi connectivity index (χ0n) is 12.0. The summed E-state index contributed by atoms with van der Waals surface area (Å²) in [7, 11) is 0. The third kappa shape index (κ3) is 2.79. The maximum atomic E-state index is 11.6. The van der Waals surface area contributed by atoms with Gasteiger partial charge in [-0.05, 0) is 36.4 Å². The number of amides is 1. The van der Waals surface area contributed by atoms with Crippen molar-refractivity contribution in [2.45, 2.75) is 13.8 Å². The van der Waals surface area contributed by atoms with Crippen LogP contribution >= 0.6 is 0 Å². The molecular formula is C17H16N2O2. The van der Waals surface area contributed by atoms with Gasteiger partial charge in [-0.1, -0.05) is 26.0 Å². The minimum Gasteiger partial charge on any atom is -0.436 e. The topological polar surface area (TPSA) is 55.1 Å². The predicted octanol–water partition coefficient (Wildman–Crippen LogP) is 4.09. The highest BCUT2D eigenvalue weighted by molar-refractivity contribution is 5.92. The van der Waals surface area contributed by atoms with E-state index in [4.69, 9.17) is 4.42 Å². The van der Waals surface area contributed by atoms with Crippen LogP contribution in [0, 0.1) is 5.92 Å². The summed E-state index contributed by atoms with van der Waals surface area (Å²) in [4.78, 5) is 16.1. The van der Waals surface area contributed by atoms with Gasteiger partial charge >= 0.3 is 0 Å². The van der Waals surface area contributed by atoms with Crippen molar-refractivity contribution in [3.8, 4) is 11.5 Å². The molecular weight excluding hydrogens is 264 g/mol. The average Bonchev–Trinajstić information content (AvgIpc) is 2.91. The first-order chi connectivity index (χ1) is 10.1. The van der Waals surface area contributed by atoms with Crippen LogP contribution in [0.4, 0.5) is 5.69 Å². The third-order valence-corrected chi connectivity index (χ3v) is 3.22. The number of fused-ring (bicyclic) bond motifs is 1. The fourth-order valence-corrected chi connectivity index (χ4v) is 1.98. The van der Waals surface area contributed by atoms with Crippen LogP contribution in [0.25, 0.3) is 22.6 Å². The number of rotatable bonds is 3. The first-order valence-electron chi connectivity index (χ1n) is 6.90. The van der Waals surface area contributed by atoms with Crippen LogP contribution in [-0.4, -0.2) is 10.9 Å². The summed E-state index contributed by atoms with van der Waals surface area (Å²) in [5, 5.41) is 2.86. The SMILES string of the molecule is CC(C)C(=O)Nc1ccc(-c2nc3ccccc3o2)cc1. The molecule has 0 fully saturated rings. The van der Waals surface area contributed by atoms with Crippen molar-refractivity contribution in [2.75, 3.05) is 5.32 Å². The monoisotopic (exact) mass is 280 g/mol. The quantitative estimate of drug-likeness (QED) is 0.786. The summed E-state index contributed by atoms with van der Waals surface area (Å²) in [6.45, 7) is 3.73. The molecule has 106 valence electrons. The highest BCUT2D eigenvalue weighted by Gasteiger charge is 2.09. The molecule has 0 atom stereocenters. The van der Waals surface area contributed by atoms with Gasteiger partial charge in [0.1, 0.15) is 5.52 Å². The minimum atomic E-state index is -0.0401. The Morgan fingerprint density at radius 2 is 1.81 bits per heavy atom. The number of hydrogen-bond acceptors (Lipinski definition) is 3. The minimum absolute atomic E-state index is 0.00427. The zero-order valence-corrected chi connectivity index (χ0v) is 12.0. The summed E-state index contributed by atoms with van der Waals surface area (Å²) in [6.07, 6.45) is 0. The second kappa shape index (κ2) is 5.40. The van der Waals surface area contributed by atoms with Gasteiger partial charge in [-0.3, -0.25) is 4.79 Å². The van der Waals surface area contributed by atoms with Gasteiger partial charge in [0.25, 0.3) is 0 Å². The van der Waals surface area contributed by atoms with Crippen LogP contribution in [0.5, 0.6) is 0 Å². The number of carbonyl (C=O) groups excluding carboxylic acids is 1. The van der Waals surface area contributed by atoms with E-state index in [1.165, 1.54) is 0 Å². The Kier molecular flexibility index (Phi) is 3.44. The average molecular weight is 280 g/mol. The fourth-order valence-electron chi connectivity index (χ4n) is 1.98. The molecule has 0 saturated carbocycles. The van der Waals surface area contributed by atoms with Crippen LogP contribution in [0.3, 0.4) is 0 Å². The number of benzene rings is 2. The summed E-state index contributed by atoms with van der Waals surface area (Å²) < 4.78 is 5.71. The van der Waals surface area contributed by atoms with Gasteiger partial charge in [-0.15, -0.1) is 0 Å². The van der Waals surface area contributed by atoms with Gasteiger partial charge in [0.2, 0.25) is 11.8 Å². The molecule has 4 nitrogen and oxygen atoms in total. The Balaban J connectivity index is 1.85. The standard InChI is InChI=1S/C17H16N2O2/c1-11(2)16(20)18-13-9-7-12(8-10-13)17-19-14-5-3-4-6-15(14)21-17/h3-11H,1-2H3,(H,18,20). The maximum Gasteiger partial charge on any atom is 0.227 e. The molecule has 0 aliphatic carbocycles. The van der Waals surface area contributed by atoms with Gasteiger partial charge in [-0.2, -0.15) is 0 Å². The number of nitrogens with zero attached hydrogens (tertiary/aromatic N) is 1. The number of aromatic nitrogens is 1. The van der Waals surface area contributed by atoms with E-state index in [9.17, 15) is 4.79 Å². The Morgan fingerprint density at radius 3 is 2.48 bits per heavy atom. The van der Waals surface area contributed by atoms with Crippen LogP contribution < -0.4 is 5.32 Å². The number of oxazole rings is 1. The number of nitrogens with one attached hydrogen (secondary N) is 1. The maximum absolute atomic E-state index is 11.6. The molecule has 2 aromatic carbocycles. The molecule has 1 N–H and O–H groups in total. The lowest BCUT2D eigenvalue weighted by Crippen LogP contribution is -2.17. The van der Waals surface area contributed by atoms with Crippen molar-refractivity contribution in [3.63, 3.8) is 0 Å². The number of hydrogen-bond donors (Lipinski definition) is 1. The van der Waals surface area contributed by atoms with E-state index in [-0.39, 0.29) is 11.8 Å². The van der Waals surface area contributed by atoms with E-state index < -0.39 is 0 Å². The van der Waals surface area contributed by atoms with Crippen LogP contribution in [0.15, 0.2) is 52.9 Å². The second-order valence-corrected chi connectivity index (χ2v) is 5.21. The largest absolute Gasteiger partial charge is 0.436 e. The summed E-state index contributed by atoms with van der Waals surface area (Å²) in [5.74, 6) is 0.546. The molecule has 0 spiro atoms. The lowest BCUT2D eigenvalue weighted by Gasteiger charge is -2.07. The highest BCUT2D eigenvalue weighted by Crippen LogP contribution is 2.25. The van der Waals surface area contributed by atoms with E-state index in [0.717, 1.165) is 22.4 Å². The van der Waals surface area contributed by atoms with Crippen molar-refractivity contribution >= 4 is 22.7 Å². The van der Waals surface area contributed by atoms with Gasteiger partial charge < -0.3 is 9.73 Å². The molecule has 0 unspecified atom stereocenters. The van der Waals surface area contributed by atoms with Gasteiger partial charge in [0.05, 0.1) is 0 Å². The van der Waals surface area contributed by atoms with E-state index in [1.54, 1.807) is 0 Å². The van der Waals surface area contributed by atoms with E-state index in [2.05, 4.69) is 10.3 Å². The molecule has 1 heterocycles. The molecule has 0 aliphatic rings. The van der Waals surface area contributed by atoms with Crippen LogP contribution in [0.1, 0.15) is 13.8 Å². The van der Waals surface area contributed by atoms with Crippen molar-refractivity contribution in [3.05, 3.63) is 48.5 Å². The molecule has 21 heavy (non-hydrogen) atoms. The van der Waals surface area contributed by atoms with E-state index in [1.807, 2.05) is 62.4 Å². The predicted molar refractivity (Wildman–Crippen MR) is 82.9 cm³/mol. The lowest BCUT2D eigenvalue weighted by molar-refractivity contribution is -0.118. The summed E-state index contributed by atoms with van der Waals surface area (Å²) >= 11 is 0. The van der Waals surface area contributed by atoms with E-state index in [0.29, 0.717) is 5.89 Å². The van der Waals surface area contributed by atoms with Crippen molar-refractivity contribution in [1.82, 2.24) is 4.98 Å². The highest BCUT2D eigenvalue weighted by atomic mass is 16.3. The summed E-state index contributed by atoms with van der Waals surface area (Å²) in [5.41, 5.74) is 3.26. The van der Waals surface area contributed by atoms with Gasteiger partial charge in [0, 0.05) is 17.2 Å². The molecule has 3 aromatic rings. The van der Waals surface area contributed by atoms with Crippen molar-refractivity contribution in [1.29, 1.82) is 0 Å². The van der Waals surface area contributed by atoms with E-state index >= 15 is 0 Å². The molecule has 1 amide bonds. The molecule has 0 saturated heterocycles. The Labute approximate surface area is 122 Å². The van der Waals surface area contributed by atoms with Crippen LogP contribution in [-0.2, 0) is 4.79 Å². The van der Waals surface area contributed by atoms with Crippen LogP contribution in [0.2, 0.25) is 0 Å².